The topological polar surface area (TPSA) is 29.3 Å². The number of benzene rings is 2. The van der Waals surface area contributed by atoms with Gasteiger partial charge in [-0.2, -0.15) is 0 Å². The predicted molar refractivity (Wildman–Crippen MR) is 77.5 cm³/mol. The van der Waals surface area contributed by atoms with Crippen molar-refractivity contribution in [2.24, 2.45) is 0 Å². The summed E-state index contributed by atoms with van der Waals surface area (Å²) < 4.78 is 0. The van der Waals surface area contributed by atoms with E-state index in [2.05, 4.69) is 36.2 Å². The lowest BCUT2D eigenvalue weighted by Gasteiger charge is -2.17. The van der Waals surface area contributed by atoms with Gasteiger partial charge >= 0.3 is 0 Å². The summed E-state index contributed by atoms with van der Waals surface area (Å²) >= 11 is 5.87. The number of rotatable bonds is 4. The Kier molecular flexibility index (Phi) is 4.24. The van der Waals surface area contributed by atoms with Gasteiger partial charge in [-0.25, -0.2) is 0 Å². The number of hydrogen-bond acceptors (Lipinski definition) is 2. The van der Waals surface area contributed by atoms with E-state index in [-0.39, 0.29) is 0 Å². The van der Waals surface area contributed by atoms with Crippen molar-refractivity contribution >= 4 is 17.3 Å². The SMILES string of the molecule is CN(Cc1ccc(N)cc1)Cc1ccc(Cl)cc1. The average molecular weight is 261 g/mol. The fourth-order valence-electron chi connectivity index (χ4n) is 1.89. The quantitative estimate of drug-likeness (QED) is 0.852. The molecule has 0 radical (unpaired) electrons. The molecule has 0 spiro atoms. The first-order chi connectivity index (χ1) is 8.63. The van der Waals surface area contributed by atoms with Crippen LogP contribution in [0.5, 0.6) is 0 Å². The summed E-state index contributed by atoms with van der Waals surface area (Å²) in [6, 6.07) is 16.0. The lowest BCUT2D eigenvalue weighted by atomic mass is 10.1. The van der Waals surface area contributed by atoms with E-state index in [4.69, 9.17) is 17.3 Å². The van der Waals surface area contributed by atoms with Crippen LogP contribution in [0.4, 0.5) is 5.69 Å². The van der Waals surface area contributed by atoms with Crippen molar-refractivity contribution < 1.29 is 0 Å². The highest BCUT2D eigenvalue weighted by molar-refractivity contribution is 6.30. The van der Waals surface area contributed by atoms with Crippen LogP contribution in [0.3, 0.4) is 0 Å². The van der Waals surface area contributed by atoms with Gasteiger partial charge in [0.15, 0.2) is 0 Å². The van der Waals surface area contributed by atoms with Crippen LogP contribution in [0.15, 0.2) is 48.5 Å². The molecule has 0 fully saturated rings. The Balaban J connectivity index is 1.94. The maximum atomic E-state index is 5.87. The molecule has 0 aliphatic rings. The number of nitrogens with zero attached hydrogens (tertiary/aromatic N) is 1. The van der Waals surface area contributed by atoms with Crippen LogP contribution in [0.2, 0.25) is 5.02 Å². The first kappa shape index (κ1) is 12.9. The third-order valence-corrected chi connectivity index (χ3v) is 3.05. The lowest BCUT2D eigenvalue weighted by Crippen LogP contribution is -2.17. The van der Waals surface area contributed by atoms with Crippen LogP contribution in [0, 0.1) is 0 Å². The van der Waals surface area contributed by atoms with Gasteiger partial charge in [-0.1, -0.05) is 35.9 Å². The molecule has 2 aromatic carbocycles. The minimum Gasteiger partial charge on any atom is -0.399 e. The number of nitrogens with two attached hydrogens (primary N) is 1. The fourth-order valence-corrected chi connectivity index (χ4v) is 2.02. The van der Waals surface area contributed by atoms with Gasteiger partial charge in [-0.15, -0.1) is 0 Å². The van der Waals surface area contributed by atoms with E-state index in [1.807, 2.05) is 24.3 Å². The van der Waals surface area contributed by atoms with E-state index in [0.717, 1.165) is 23.8 Å². The monoisotopic (exact) mass is 260 g/mol. The van der Waals surface area contributed by atoms with Crippen LogP contribution in [-0.2, 0) is 13.1 Å². The average Bonchev–Trinajstić information content (AvgIpc) is 2.35. The zero-order valence-corrected chi connectivity index (χ0v) is 11.2. The highest BCUT2D eigenvalue weighted by Gasteiger charge is 2.02. The van der Waals surface area contributed by atoms with E-state index in [1.165, 1.54) is 11.1 Å². The van der Waals surface area contributed by atoms with Crippen LogP contribution >= 0.6 is 11.6 Å². The van der Waals surface area contributed by atoms with Gasteiger partial charge in [0.1, 0.15) is 0 Å². The molecule has 0 bridgehead atoms. The second-order valence-corrected chi connectivity index (χ2v) is 4.98. The molecule has 0 heterocycles. The smallest absolute Gasteiger partial charge is 0.0406 e. The van der Waals surface area contributed by atoms with Crippen molar-refractivity contribution in [1.82, 2.24) is 4.90 Å². The maximum absolute atomic E-state index is 5.87. The molecule has 0 aromatic heterocycles. The normalized spacial score (nSPS) is 10.8. The molecule has 0 aliphatic carbocycles. The number of nitrogen functional groups attached to an aromatic ring is 1. The molecule has 18 heavy (non-hydrogen) atoms. The summed E-state index contributed by atoms with van der Waals surface area (Å²) in [6.45, 7) is 1.81. The van der Waals surface area contributed by atoms with Crippen molar-refractivity contribution in [2.75, 3.05) is 12.8 Å². The third-order valence-electron chi connectivity index (χ3n) is 2.80. The molecular formula is C15H17ClN2. The Morgan fingerprint density at radius 3 is 1.83 bits per heavy atom. The standard InChI is InChI=1S/C15H17ClN2/c1-18(10-12-2-6-14(16)7-3-12)11-13-4-8-15(17)9-5-13/h2-9H,10-11,17H2,1H3. The summed E-state index contributed by atoms with van der Waals surface area (Å²) in [4.78, 5) is 2.26. The Morgan fingerprint density at radius 2 is 1.33 bits per heavy atom. The molecule has 2 nitrogen and oxygen atoms in total. The molecule has 94 valence electrons. The molecule has 2 N–H and O–H groups in total. The van der Waals surface area contributed by atoms with Gasteiger partial charge in [0.05, 0.1) is 0 Å². The van der Waals surface area contributed by atoms with Gasteiger partial charge in [0.25, 0.3) is 0 Å². The van der Waals surface area contributed by atoms with Crippen molar-refractivity contribution in [3.63, 3.8) is 0 Å². The molecule has 0 saturated heterocycles. The third kappa shape index (κ3) is 3.76. The van der Waals surface area contributed by atoms with E-state index < -0.39 is 0 Å². The van der Waals surface area contributed by atoms with Gasteiger partial charge in [0.2, 0.25) is 0 Å². The molecule has 0 aliphatic heterocycles. The zero-order valence-electron chi connectivity index (χ0n) is 10.4. The highest BCUT2D eigenvalue weighted by atomic mass is 35.5. The van der Waals surface area contributed by atoms with E-state index in [1.54, 1.807) is 0 Å². The van der Waals surface area contributed by atoms with Crippen LogP contribution < -0.4 is 5.73 Å². The molecule has 0 amide bonds. The second-order valence-electron chi connectivity index (χ2n) is 4.54. The van der Waals surface area contributed by atoms with Gasteiger partial charge in [0, 0.05) is 23.8 Å². The number of halogens is 1. The minimum absolute atomic E-state index is 0.778. The minimum atomic E-state index is 0.778. The van der Waals surface area contributed by atoms with Crippen molar-refractivity contribution in [2.45, 2.75) is 13.1 Å². The van der Waals surface area contributed by atoms with Crippen LogP contribution in [0.25, 0.3) is 0 Å². The summed E-state index contributed by atoms with van der Waals surface area (Å²) in [6.07, 6.45) is 0. The summed E-state index contributed by atoms with van der Waals surface area (Å²) in [5, 5.41) is 0.778. The Bertz CT molecular complexity index is 443. The largest absolute Gasteiger partial charge is 0.399 e. The van der Waals surface area contributed by atoms with E-state index in [9.17, 15) is 0 Å². The Morgan fingerprint density at radius 1 is 0.889 bits per heavy atom. The number of hydrogen-bond donors (Lipinski definition) is 1. The first-order valence-corrected chi connectivity index (χ1v) is 6.29. The second kappa shape index (κ2) is 5.89. The summed E-state index contributed by atoms with van der Waals surface area (Å²) in [5.74, 6) is 0. The van der Waals surface area contributed by atoms with E-state index in [0.29, 0.717) is 0 Å². The molecular weight excluding hydrogens is 244 g/mol. The van der Waals surface area contributed by atoms with Crippen molar-refractivity contribution in [3.8, 4) is 0 Å². The van der Waals surface area contributed by atoms with Crippen LogP contribution in [0.1, 0.15) is 11.1 Å². The highest BCUT2D eigenvalue weighted by Crippen LogP contribution is 2.13. The fraction of sp³-hybridized carbons (Fsp3) is 0.200. The Hall–Kier alpha value is -1.51. The summed E-state index contributed by atoms with van der Waals surface area (Å²) in [5.41, 5.74) is 9.00. The molecule has 3 heteroatoms. The molecule has 0 unspecified atom stereocenters. The van der Waals surface area contributed by atoms with Crippen molar-refractivity contribution in [3.05, 3.63) is 64.7 Å². The lowest BCUT2D eigenvalue weighted by molar-refractivity contribution is 0.319. The predicted octanol–water partition coefficient (Wildman–Crippen LogP) is 3.55. The summed E-state index contributed by atoms with van der Waals surface area (Å²) in [7, 11) is 2.10. The maximum Gasteiger partial charge on any atom is 0.0406 e. The van der Waals surface area contributed by atoms with E-state index >= 15 is 0 Å². The molecule has 0 saturated carbocycles. The molecule has 0 atom stereocenters. The number of anilines is 1. The van der Waals surface area contributed by atoms with Crippen molar-refractivity contribution in [1.29, 1.82) is 0 Å². The van der Waals surface area contributed by atoms with Gasteiger partial charge in [-0.3, -0.25) is 4.90 Å². The molecule has 2 aromatic rings. The molecule has 2 rings (SSSR count). The Labute approximate surface area is 113 Å². The van der Waals surface area contributed by atoms with Crippen LogP contribution in [-0.4, -0.2) is 11.9 Å². The van der Waals surface area contributed by atoms with Gasteiger partial charge in [-0.05, 0) is 42.4 Å². The zero-order chi connectivity index (χ0) is 13.0. The van der Waals surface area contributed by atoms with Gasteiger partial charge < -0.3 is 5.73 Å². The first-order valence-electron chi connectivity index (χ1n) is 5.91.